The van der Waals surface area contributed by atoms with Crippen LogP contribution < -0.4 is 5.32 Å². The van der Waals surface area contributed by atoms with Crippen LogP contribution in [-0.2, 0) is 0 Å². The van der Waals surface area contributed by atoms with Gasteiger partial charge in [0, 0.05) is 5.38 Å². The maximum absolute atomic E-state index is 12.2. The molecule has 21 heavy (non-hydrogen) atoms. The molecule has 4 nitrogen and oxygen atoms in total. The van der Waals surface area contributed by atoms with Crippen molar-refractivity contribution in [2.24, 2.45) is 0 Å². The molecule has 0 aliphatic heterocycles. The summed E-state index contributed by atoms with van der Waals surface area (Å²) in [6, 6.07) is 9.06. The summed E-state index contributed by atoms with van der Waals surface area (Å²) in [7, 11) is 0. The molecule has 0 aliphatic carbocycles. The van der Waals surface area contributed by atoms with E-state index in [1.165, 1.54) is 11.3 Å². The highest BCUT2D eigenvalue weighted by Crippen LogP contribution is 2.20. The van der Waals surface area contributed by atoms with E-state index in [4.69, 9.17) is 10.4 Å². The van der Waals surface area contributed by atoms with E-state index < -0.39 is 0 Å². The van der Waals surface area contributed by atoms with Crippen molar-refractivity contribution in [1.29, 1.82) is 5.26 Å². The van der Waals surface area contributed by atoms with E-state index in [1.54, 1.807) is 23.6 Å². The number of aryl methyl sites for hydroxylation is 1. The molecule has 1 amide bonds. The molecule has 0 spiro atoms. The number of benzene rings is 1. The summed E-state index contributed by atoms with van der Waals surface area (Å²) in [5, 5.41) is 22.2. The molecule has 5 heteroatoms. The molecule has 1 heterocycles. The van der Waals surface area contributed by atoms with Gasteiger partial charge >= 0.3 is 0 Å². The first-order chi connectivity index (χ1) is 10.2. The SMILES string of the molecule is Cc1cccc(NC(=O)c2csc(C#CCO)c2)c1C#N. The van der Waals surface area contributed by atoms with Crippen molar-refractivity contribution < 1.29 is 9.90 Å². The van der Waals surface area contributed by atoms with Crippen molar-refractivity contribution in [2.45, 2.75) is 6.92 Å². The minimum Gasteiger partial charge on any atom is -0.384 e. The number of hydrogen-bond donors (Lipinski definition) is 2. The number of thiophene rings is 1. The van der Waals surface area contributed by atoms with Crippen LogP contribution in [0.1, 0.15) is 26.4 Å². The van der Waals surface area contributed by atoms with Crippen molar-refractivity contribution >= 4 is 22.9 Å². The van der Waals surface area contributed by atoms with E-state index in [2.05, 4.69) is 23.2 Å². The van der Waals surface area contributed by atoms with Gasteiger partial charge in [-0.05, 0) is 24.6 Å². The zero-order valence-corrected chi connectivity index (χ0v) is 12.1. The molecule has 2 aromatic rings. The van der Waals surface area contributed by atoms with E-state index in [9.17, 15) is 4.79 Å². The maximum atomic E-state index is 12.2. The highest BCUT2D eigenvalue weighted by molar-refractivity contribution is 7.10. The fraction of sp³-hybridized carbons (Fsp3) is 0.125. The number of amides is 1. The lowest BCUT2D eigenvalue weighted by Gasteiger charge is -2.07. The number of nitrogens with one attached hydrogen (secondary N) is 1. The van der Waals surface area contributed by atoms with Crippen molar-refractivity contribution in [1.82, 2.24) is 0 Å². The molecule has 1 aromatic carbocycles. The summed E-state index contributed by atoms with van der Waals surface area (Å²) in [4.78, 5) is 12.9. The molecule has 1 aromatic heterocycles. The van der Waals surface area contributed by atoms with Crippen LogP contribution in [0.3, 0.4) is 0 Å². The van der Waals surface area contributed by atoms with Gasteiger partial charge in [-0.1, -0.05) is 24.0 Å². The second-order valence-corrected chi connectivity index (χ2v) is 5.13. The Bertz CT molecular complexity index is 776. The number of hydrogen-bond acceptors (Lipinski definition) is 4. The van der Waals surface area contributed by atoms with Crippen LogP contribution in [0.4, 0.5) is 5.69 Å². The predicted molar refractivity (Wildman–Crippen MR) is 82.1 cm³/mol. The number of nitrogens with zero attached hydrogens (tertiary/aromatic N) is 1. The quantitative estimate of drug-likeness (QED) is 0.836. The molecule has 0 saturated carbocycles. The third kappa shape index (κ3) is 3.49. The number of aliphatic hydroxyl groups is 1. The average Bonchev–Trinajstić information content (AvgIpc) is 2.94. The summed E-state index contributed by atoms with van der Waals surface area (Å²) < 4.78 is 0. The Kier molecular flexibility index (Phi) is 4.73. The predicted octanol–water partition coefficient (Wildman–Crippen LogP) is 2.52. The second-order valence-electron chi connectivity index (χ2n) is 4.22. The summed E-state index contributed by atoms with van der Waals surface area (Å²) >= 11 is 1.33. The zero-order valence-electron chi connectivity index (χ0n) is 11.3. The van der Waals surface area contributed by atoms with E-state index >= 15 is 0 Å². The monoisotopic (exact) mass is 296 g/mol. The standard InChI is InChI=1S/C16H12N2O2S/c1-11-4-2-6-15(14(11)9-17)18-16(20)12-8-13(21-10-12)5-3-7-19/h2,4,6,8,10,19H,7H2,1H3,(H,18,20). The first-order valence-electron chi connectivity index (χ1n) is 6.15. The summed E-state index contributed by atoms with van der Waals surface area (Å²) in [5.74, 6) is 5.00. The molecule has 2 N–H and O–H groups in total. The van der Waals surface area contributed by atoms with Gasteiger partial charge in [0.1, 0.15) is 12.7 Å². The largest absolute Gasteiger partial charge is 0.384 e. The Labute approximate surface area is 126 Å². The van der Waals surface area contributed by atoms with Crippen molar-refractivity contribution in [2.75, 3.05) is 11.9 Å². The lowest BCUT2D eigenvalue weighted by atomic mass is 10.1. The first-order valence-corrected chi connectivity index (χ1v) is 7.03. The molecule has 0 unspecified atom stereocenters. The van der Waals surface area contributed by atoms with Gasteiger partial charge in [0.05, 0.1) is 21.7 Å². The Morgan fingerprint density at radius 3 is 3.00 bits per heavy atom. The van der Waals surface area contributed by atoms with Crippen LogP contribution in [0.2, 0.25) is 0 Å². The highest BCUT2D eigenvalue weighted by atomic mass is 32.1. The topological polar surface area (TPSA) is 73.1 Å². The Morgan fingerprint density at radius 1 is 1.48 bits per heavy atom. The van der Waals surface area contributed by atoms with Crippen LogP contribution in [-0.4, -0.2) is 17.6 Å². The molecule has 2 rings (SSSR count). The molecule has 0 fully saturated rings. The minimum absolute atomic E-state index is 0.214. The maximum Gasteiger partial charge on any atom is 0.256 e. The lowest BCUT2D eigenvalue weighted by Crippen LogP contribution is -2.12. The fourth-order valence-electron chi connectivity index (χ4n) is 1.76. The molecular formula is C16H12N2O2S. The molecule has 0 saturated heterocycles. The smallest absolute Gasteiger partial charge is 0.256 e. The number of anilines is 1. The Balaban J connectivity index is 2.21. The van der Waals surface area contributed by atoms with Gasteiger partial charge in [0.15, 0.2) is 0 Å². The Hall–Kier alpha value is -2.60. The fourth-order valence-corrected chi connectivity index (χ4v) is 2.52. The highest BCUT2D eigenvalue weighted by Gasteiger charge is 2.11. The normalized spacial score (nSPS) is 9.38. The van der Waals surface area contributed by atoms with Gasteiger partial charge in [0.25, 0.3) is 5.91 Å². The molecule has 0 radical (unpaired) electrons. The van der Waals surface area contributed by atoms with Crippen molar-refractivity contribution in [3.63, 3.8) is 0 Å². The summed E-state index contributed by atoms with van der Waals surface area (Å²) in [5.41, 5.74) is 2.25. The average molecular weight is 296 g/mol. The van der Waals surface area contributed by atoms with Gasteiger partial charge in [0.2, 0.25) is 0 Å². The van der Waals surface area contributed by atoms with E-state index in [0.717, 1.165) is 5.56 Å². The van der Waals surface area contributed by atoms with Crippen LogP contribution in [0, 0.1) is 30.1 Å². The molecular weight excluding hydrogens is 284 g/mol. The summed E-state index contributed by atoms with van der Waals surface area (Å²) in [6.45, 7) is 1.61. The summed E-state index contributed by atoms with van der Waals surface area (Å²) in [6.07, 6.45) is 0. The van der Waals surface area contributed by atoms with E-state index in [1.807, 2.05) is 13.0 Å². The van der Waals surface area contributed by atoms with Crippen molar-refractivity contribution in [3.8, 4) is 17.9 Å². The van der Waals surface area contributed by atoms with Gasteiger partial charge in [-0.3, -0.25) is 4.79 Å². The number of carbonyl (C=O) groups excluding carboxylic acids is 1. The minimum atomic E-state index is -0.287. The van der Waals surface area contributed by atoms with Gasteiger partial charge in [-0.2, -0.15) is 5.26 Å². The zero-order chi connectivity index (χ0) is 15.2. The van der Waals surface area contributed by atoms with Gasteiger partial charge < -0.3 is 10.4 Å². The lowest BCUT2D eigenvalue weighted by molar-refractivity contribution is 0.102. The molecule has 0 atom stereocenters. The third-order valence-corrected chi connectivity index (χ3v) is 3.63. The van der Waals surface area contributed by atoms with Crippen molar-refractivity contribution in [3.05, 3.63) is 51.2 Å². The number of nitriles is 1. The van der Waals surface area contributed by atoms with Crippen LogP contribution >= 0.6 is 11.3 Å². The number of rotatable bonds is 2. The Morgan fingerprint density at radius 2 is 2.29 bits per heavy atom. The van der Waals surface area contributed by atoms with E-state index in [-0.39, 0.29) is 12.5 Å². The number of aliphatic hydroxyl groups excluding tert-OH is 1. The second kappa shape index (κ2) is 6.71. The van der Waals surface area contributed by atoms with Gasteiger partial charge in [-0.15, -0.1) is 11.3 Å². The van der Waals surface area contributed by atoms with E-state index in [0.29, 0.717) is 21.7 Å². The first kappa shape index (κ1) is 14.8. The van der Waals surface area contributed by atoms with Crippen LogP contribution in [0.25, 0.3) is 0 Å². The van der Waals surface area contributed by atoms with Crippen LogP contribution in [0.5, 0.6) is 0 Å². The van der Waals surface area contributed by atoms with Gasteiger partial charge in [-0.25, -0.2) is 0 Å². The van der Waals surface area contributed by atoms with Crippen LogP contribution in [0.15, 0.2) is 29.6 Å². The molecule has 104 valence electrons. The molecule has 0 bridgehead atoms. The third-order valence-electron chi connectivity index (χ3n) is 2.79. The molecule has 0 aliphatic rings. The number of carbonyl (C=O) groups is 1.